The molecule has 12 atom stereocenters. The minimum atomic E-state index is -5.05. The number of rotatable bonds is 2. The first-order chi connectivity index (χ1) is 20.9. The SMILES string of the molecule is O=C1N=CN=C2C1N=CN2[C@@H]1O[C@@H]2COP(=O)(O)O[C@H]3[C@@H](O)[C@H](N4C=NC5C(=O)N=CN=C54)O[C@@H]3COP(=O)(O)O[C@H]2[C@H]1O. The monoisotopic (exact) mass is 660 g/mol. The van der Waals surface area contributed by atoms with E-state index in [0.717, 1.165) is 25.4 Å². The minimum Gasteiger partial charge on any atom is -0.386 e. The Morgan fingerprint density at radius 2 is 1.14 bits per heavy atom. The zero-order chi connectivity index (χ0) is 31.0. The molecule has 3 saturated heterocycles. The summed E-state index contributed by atoms with van der Waals surface area (Å²) >= 11 is 0. The molecule has 7 aliphatic rings. The third-order valence-electron chi connectivity index (χ3n) is 7.40. The van der Waals surface area contributed by atoms with Gasteiger partial charge in [-0.3, -0.25) is 47.5 Å². The Morgan fingerprint density at radius 1 is 0.727 bits per heavy atom. The Morgan fingerprint density at radius 3 is 1.55 bits per heavy atom. The molecule has 0 aromatic carbocycles. The summed E-state index contributed by atoms with van der Waals surface area (Å²) in [6.07, 6.45) is -8.31. The molecule has 3 fully saturated rings. The molecule has 4 unspecified atom stereocenters. The molecule has 2 amide bonds. The Bertz CT molecular complexity index is 1440. The molecule has 0 bridgehead atoms. The van der Waals surface area contributed by atoms with E-state index in [0.29, 0.717) is 0 Å². The average Bonchev–Trinajstić information content (AvgIpc) is 3.73. The first-order valence-electron chi connectivity index (χ1n) is 12.8. The second-order valence-electron chi connectivity index (χ2n) is 10.1. The second kappa shape index (κ2) is 10.8. The van der Waals surface area contributed by atoms with Gasteiger partial charge < -0.3 is 29.5 Å². The number of phosphoric acid groups is 2. The van der Waals surface area contributed by atoms with E-state index < -0.39 is 102 Å². The smallest absolute Gasteiger partial charge is 0.386 e. The lowest BCUT2D eigenvalue weighted by atomic mass is 10.1. The molecule has 0 aromatic rings. The van der Waals surface area contributed by atoms with Gasteiger partial charge in [0.2, 0.25) is 0 Å². The molecule has 7 aliphatic heterocycles. The summed E-state index contributed by atoms with van der Waals surface area (Å²) in [4.78, 5) is 70.6. The van der Waals surface area contributed by atoms with E-state index >= 15 is 0 Å². The molecule has 236 valence electrons. The van der Waals surface area contributed by atoms with E-state index in [-0.39, 0.29) is 11.7 Å². The van der Waals surface area contributed by atoms with Crippen LogP contribution in [-0.2, 0) is 46.3 Å². The van der Waals surface area contributed by atoms with Crippen molar-refractivity contribution in [1.82, 2.24) is 9.80 Å². The number of aliphatic hydroxyl groups excluding tert-OH is 2. The summed E-state index contributed by atoms with van der Waals surface area (Å²) in [5.74, 6) is -1.15. The van der Waals surface area contributed by atoms with Crippen LogP contribution in [0.3, 0.4) is 0 Å². The van der Waals surface area contributed by atoms with Crippen LogP contribution in [0.2, 0.25) is 0 Å². The minimum absolute atomic E-state index is 0.0469. The highest BCUT2D eigenvalue weighted by atomic mass is 31.2. The predicted molar refractivity (Wildman–Crippen MR) is 141 cm³/mol. The van der Waals surface area contributed by atoms with Gasteiger partial charge in [0.05, 0.1) is 25.9 Å². The van der Waals surface area contributed by atoms with Crippen LogP contribution >= 0.6 is 15.6 Å². The van der Waals surface area contributed by atoms with Crippen LogP contribution in [0, 0.1) is 0 Å². The van der Waals surface area contributed by atoms with Crippen molar-refractivity contribution in [2.24, 2.45) is 30.0 Å². The first kappa shape index (κ1) is 29.7. The van der Waals surface area contributed by atoms with Gasteiger partial charge in [-0.25, -0.2) is 19.1 Å². The van der Waals surface area contributed by atoms with E-state index in [1.54, 1.807) is 0 Å². The lowest BCUT2D eigenvalue weighted by Crippen LogP contribution is -2.48. The van der Waals surface area contributed by atoms with Crippen molar-refractivity contribution < 1.29 is 66.3 Å². The van der Waals surface area contributed by atoms with Crippen LogP contribution in [0.5, 0.6) is 0 Å². The van der Waals surface area contributed by atoms with Gasteiger partial charge in [0.1, 0.15) is 61.0 Å². The lowest BCUT2D eigenvalue weighted by Gasteiger charge is -2.28. The molecular weight excluding hydrogens is 638 g/mol. The van der Waals surface area contributed by atoms with Crippen LogP contribution < -0.4 is 0 Å². The molecule has 24 heteroatoms. The van der Waals surface area contributed by atoms with Gasteiger partial charge in [-0.05, 0) is 0 Å². The van der Waals surface area contributed by atoms with E-state index in [9.17, 15) is 38.7 Å². The summed E-state index contributed by atoms with van der Waals surface area (Å²) in [6.45, 7) is -1.66. The number of aliphatic imine (C=N–C) groups is 6. The third-order valence-corrected chi connectivity index (χ3v) is 9.37. The Balaban J connectivity index is 1.11. The molecule has 7 rings (SSSR count). The summed E-state index contributed by atoms with van der Waals surface area (Å²) in [5.41, 5.74) is 0. The van der Waals surface area contributed by atoms with Crippen molar-refractivity contribution in [1.29, 1.82) is 0 Å². The molecule has 4 N–H and O–H groups in total. The predicted octanol–water partition coefficient (Wildman–Crippen LogP) is -3.46. The third kappa shape index (κ3) is 5.11. The maximum atomic E-state index is 13.0. The van der Waals surface area contributed by atoms with E-state index in [1.807, 2.05) is 0 Å². The summed E-state index contributed by atoms with van der Waals surface area (Å²) in [7, 11) is -10.1. The summed E-state index contributed by atoms with van der Waals surface area (Å²) in [5, 5.41) is 22.1. The molecule has 7 heterocycles. The van der Waals surface area contributed by atoms with E-state index in [4.69, 9.17) is 27.6 Å². The zero-order valence-corrected chi connectivity index (χ0v) is 23.6. The van der Waals surface area contributed by atoms with Crippen molar-refractivity contribution >= 4 is 64.5 Å². The van der Waals surface area contributed by atoms with Gasteiger partial charge in [-0.15, -0.1) is 0 Å². The van der Waals surface area contributed by atoms with Crippen LogP contribution in [0.4, 0.5) is 0 Å². The van der Waals surface area contributed by atoms with Gasteiger partial charge >= 0.3 is 15.6 Å². The van der Waals surface area contributed by atoms with E-state index in [2.05, 4.69) is 30.0 Å². The highest BCUT2D eigenvalue weighted by Crippen LogP contribution is 2.52. The fourth-order valence-corrected chi connectivity index (χ4v) is 7.32. The number of amides is 2. The van der Waals surface area contributed by atoms with Gasteiger partial charge in [0, 0.05) is 0 Å². The molecular formula is C20H22N8O14P2. The number of amidine groups is 2. The fraction of sp³-hybridized carbons (Fsp3) is 0.600. The van der Waals surface area contributed by atoms with Gasteiger partial charge in [0.25, 0.3) is 11.8 Å². The average molecular weight is 660 g/mol. The number of ether oxygens (including phenoxy) is 2. The van der Waals surface area contributed by atoms with Crippen molar-refractivity contribution in [2.45, 2.75) is 61.2 Å². The first-order valence-corrected chi connectivity index (χ1v) is 15.8. The Labute approximate surface area is 245 Å². The molecule has 0 radical (unpaired) electrons. The maximum absolute atomic E-state index is 13.0. The molecule has 0 spiro atoms. The summed E-state index contributed by atoms with van der Waals surface area (Å²) in [6, 6.07) is -2.19. The number of aliphatic hydroxyl groups is 2. The van der Waals surface area contributed by atoms with Crippen molar-refractivity contribution in [3.05, 3.63) is 0 Å². The van der Waals surface area contributed by atoms with Crippen molar-refractivity contribution in [3.8, 4) is 0 Å². The quantitative estimate of drug-likeness (QED) is 0.209. The van der Waals surface area contributed by atoms with Gasteiger partial charge in [-0.2, -0.15) is 9.98 Å². The van der Waals surface area contributed by atoms with Crippen molar-refractivity contribution in [2.75, 3.05) is 13.2 Å². The molecule has 22 nitrogen and oxygen atoms in total. The van der Waals surface area contributed by atoms with Gasteiger partial charge in [0.15, 0.2) is 24.5 Å². The van der Waals surface area contributed by atoms with E-state index in [1.165, 1.54) is 9.80 Å². The number of carbonyl (C=O) groups excluding carboxylic acids is 2. The Hall–Kier alpha value is -2.98. The Kier molecular flexibility index (Phi) is 7.31. The number of hydrogen-bond acceptors (Lipinski definition) is 18. The molecule has 0 aliphatic carbocycles. The van der Waals surface area contributed by atoms with Crippen LogP contribution in [0.1, 0.15) is 0 Å². The molecule has 44 heavy (non-hydrogen) atoms. The normalized spacial score (nSPS) is 46.6. The molecule has 0 saturated carbocycles. The zero-order valence-electron chi connectivity index (χ0n) is 21.8. The number of phosphoric ester groups is 2. The number of hydrogen-bond donors (Lipinski definition) is 4. The second-order valence-corrected chi connectivity index (χ2v) is 12.9. The highest BCUT2D eigenvalue weighted by Gasteiger charge is 2.56. The standard InChI is InChI=1S/C20H22N8O14P2/c29-11-13-7(39-19(11)27-5-25-9-15(27)21-3-23-17(9)31)1-37-43(33,34)42-14-8(2-38-44(35,36)41-13)40-20(12(14)30)28-6-26-10-16(28)22-4-24-18(10)32/h3-14,19-20,29-30H,1-2H2,(H,33,34)(H,35,36)/t7-,8-,9?,10?,11-,12-,13-,14-,19-,20-/m1/s1. The molecule has 0 aromatic heterocycles. The van der Waals surface area contributed by atoms with Gasteiger partial charge in [-0.1, -0.05) is 0 Å². The summed E-state index contributed by atoms with van der Waals surface area (Å²) < 4.78 is 58.3. The van der Waals surface area contributed by atoms with Crippen LogP contribution in [0.15, 0.2) is 30.0 Å². The highest BCUT2D eigenvalue weighted by molar-refractivity contribution is 7.47. The van der Waals surface area contributed by atoms with Crippen LogP contribution in [-0.4, -0.2) is 153 Å². The fourth-order valence-electron chi connectivity index (χ4n) is 5.39. The maximum Gasteiger partial charge on any atom is 0.472 e. The lowest BCUT2D eigenvalue weighted by molar-refractivity contribution is -0.118. The topological polar surface area (TPSA) is 285 Å². The number of carbonyl (C=O) groups is 2. The van der Waals surface area contributed by atoms with Crippen LogP contribution in [0.25, 0.3) is 0 Å². The number of nitrogens with zero attached hydrogens (tertiary/aromatic N) is 8. The van der Waals surface area contributed by atoms with Crippen molar-refractivity contribution in [3.63, 3.8) is 0 Å². The largest absolute Gasteiger partial charge is 0.472 e. The number of fused-ring (bicyclic) bond motifs is 4.